The largest absolute Gasteiger partial charge is 0.349 e. The highest BCUT2D eigenvalue weighted by molar-refractivity contribution is 7.89. The molecule has 3 aliphatic rings. The van der Waals surface area contributed by atoms with Crippen LogP contribution in [0, 0.1) is 10.8 Å². The van der Waals surface area contributed by atoms with Crippen LogP contribution in [0.15, 0.2) is 12.7 Å². The minimum absolute atomic E-state index is 0.0570. The average Bonchev–Trinajstić information content (AvgIpc) is 2.75. The molecule has 3 rings (SSSR count). The van der Waals surface area contributed by atoms with Gasteiger partial charge < -0.3 is 15.1 Å². The average molecular weight is 469 g/mol. The molecule has 8 nitrogen and oxygen atoms in total. The van der Waals surface area contributed by atoms with Crippen molar-refractivity contribution in [2.75, 3.05) is 39.3 Å². The summed E-state index contributed by atoms with van der Waals surface area (Å²) in [4.78, 5) is 28.5. The van der Waals surface area contributed by atoms with E-state index in [1.54, 1.807) is 4.31 Å². The first kappa shape index (κ1) is 25.0. The van der Waals surface area contributed by atoms with E-state index in [-0.39, 0.29) is 18.0 Å². The number of likely N-dealkylation sites (tertiary alicyclic amines) is 2. The third-order valence-electron chi connectivity index (χ3n) is 7.32. The maximum atomic E-state index is 13.6. The molecule has 32 heavy (non-hydrogen) atoms. The van der Waals surface area contributed by atoms with Crippen molar-refractivity contribution in [3.8, 4) is 0 Å². The van der Waals surface area contributed by atoms with Crippen molar-refractivity contribution in [3.05, 3.63) is 12.7 Å². The number of nitrogens with one attached hydrogen (secondary N) is 1. The zero-order chi connectivity index (χ0) is 23.7. The second-order valence-corrected chi connectivity index (χ2v) is 13.2. The van der Waals surface area contributed by atoms with Gasteiger partial charge in [0.2, 0.25) is 15.9 Å². The Kier molecular flexibility index (Phi) is 7.29. The van der Waals surface area contributed by atoms with Gasteiger partial charge in [0.05, 0.1) is 5.25 Å². The molecule has 3 aliphatic heterocycles. The normalized spacial score (nSPS) is 25.4. The van der Waals surface area contributed by atoms with Gasteiger partial charge in [0.15, 0.2) is 0 Å². The third kappa shape index (κ3) is 5.14. The predicted molar refractivity (Wildman–Crippen MR) is 126 cm³/mol. The van der Waals surface area contributed by atoms with Crippen LogP contribution < -0.4 is 5.32 Å². The van der Waals surface area contributed by atoms with Gasteiger partial charge in [0, 0.05) is 45.3 Å². The third-order valence-corrected chi connectivity index (χ3v) is 9.61. The van der Waals surface area contributed by atoms with Crippen LogP contribution in [0.4, 0.5) is 4.79 Å². The standard InChI is InChI=1S/C23H40N4O4S/c1-6-19(28)24-20-22(2,3)16-27(17-23(20,4)5)32(30,31)18-10-14-26(15-11-18)21(29)25-12-8-7-9-13-25/h6,18,20H,1,7-17H2,2-5H3,(H,24,28). The lowest BCUT2D eigenvalue weighted by molar-refractivity contribution is -0.120. The van der Waals surface area contributed by atoms with E-state index in [4.69, 9.17) is 0 Å². The second-order valence-electron chi connectivity index (χ2n) is 11.0. The number of piperidine rings is 3. The Morgan fingerprint density at radius 1 is 0.906 bits per heavy atom. The molecule has 0 aromatic carbocycles. The van der Waals surface area contributed by atoms with Gasteiger partial charge in [-0.2, -0.15) is 0 Å². The Hall–Kier alpha value is -1.61. The highest BCUT2D eigenvalue weighted by Gasteiger charge is 2.51. The second kappa shape index (κ2) is 9.33. The van der Waals surface area contributed by atoms with E-state index in [9.17, 15) is 18.0 Å². The number of amides is 3. The molecule has 0 bridgehead atoms. The molecule has 0 saturated carbocycles. The molecule has 0 aliphatic carbocycles. The van der Waals surface area contributed by atoms with Gasteiger partial charge in [0.25, 0.3) is 0 Å². The molecule has 1 N–H and O–H groups in total. The lowest BCUT2D eigenvalue weighted by Crippen LogP contribution is -2.66. The van der Waals surface area contributed by atoms with Gasteiger partial charge in [-0.1, -0.05) is 34.3 Å². The summed E-state index contributed by atoms with van der Waals surface area (Å²) in [5.74, 6) is -0.238. The molecular formula is C23H40N4O4S. The van der Waals surface area contributed by atoms with Crippen molar-refractivity contribution in [3.63, 3.8) is 0 Å². The molecule has 3 amide bonds. The van der Waals surface area contributed by atoms with Gasteiger partial charge in [0.1, 0.15) is 0 Å². The molecule has 182 valence electrons. The fourth-order valence-electron chi connectivity index (χ4n) is 5.82. The number of carbonyl (C=O) groups is 2. The zero-order valence-electron chi connectivity index (χ0n) is 20.1. The maximum Gasteiger partial charge on any atom is 0.319 e. The number of rotatable bonds is 4. The molecule has 3 heterocycles. The van der Waals surface area contributed by atoms with Crippen LogP contribution in [0.25, 0.3) is 0 Å². The predicted octanol–water partition coefficient (Wildman–Crippen LogP) is 2.43. The van der Waals surface area contributed by atoms with Crippen molar-refractivity contribution in [2.45, 2.75) is 71.1 Å². The minimum Gasteiger partial charge on any atom is -0.349 e. The first-order valence-electron chi connectivity index (χ1n) is 11.8. The number of carbonyl (C=O) groups excluding carboxylic acids is 2. The summed E-state index contributed by atoms with van der Waals surface area (Å²) in [6.45, 7) is 14.8. The van der Waals surface area contributed by atoms with E-state index < -0.39 is 26.1 Å². The first-order valence-corrected chi connectivity index (χ1v) is 13.3. The number of nitrogens with zero attached hydrogens (tertiary/aromatic N) is 3. The Bertz CT molecular complexity index is 807. The molecule has 3 fully saturated rings. The molecule has 0 aromatic heterocycles. The summed E-state index contributed by atoms with van der Waals surface area (Å²) in [5.41, 5.74) is -0.864. The molecule has 0 atom stereocenters. The van der Waals surface area contributed by atoms with Crippen molar-refractivity contribution >= 4 is 22.0 Å². The van der Waals surface area contributed by atoms with E-state index in [2.05, 4.69) is 11.9 Å². The molecule has 9 heteroatoms. The van der Waals surface area contributed by atoms with Crippen molar-refractivity contribution in [1.29, 1.82) is 0 Å². The Morgan fingerprint density at radius 3 is 1.91 bits per heavy atom. The van der Waals surface area contributed by atoms with Crippen molar-refractivity contribution in [1.82, 2.24) is 19.4 Å². The van der Waals surface area contributed by atoms with Gasteiger partial charge in [-0.05, 0) is 49.0 Å². The summed E-state index contributed by atoms with van der Waals surface area (Å²) in [5, 5.41) is 2.55. The van der Waals surface area contributed by atoms with Gasteiger partial charge in [-0.25, -0.2) is 17.5 Å². The van der Waals surface area contributed by atoms with Crippen LogP contribution in [-0.2, 0) is 14.8 Å². The Balaban J connectivity index is 1.66. The zero-order valence-corrected chi connectivity index (χ0v) is 20.9. The van der Waals surface area contributed by atoms with Gasteiger partial charge in [-0.3, -0.25) is 4.79 Å². The van der Waals surface area contributed by atoms with Crippen molar-refractivity contribution < 1.29 is 18.0 Å². The highest BCUT2D eigenvalue weighted by Crippen LogP contribution is 2.42. The van der Waals surface area contributed by atoms with Gasteiger partial charge >= 0.3 is 6.03 Å². The van der Waals surface area contributed by atoms with Gasteiger partial charge in [-0.15, -0.1) is 0 Å². The summed E-state index contributed by atoms with van der Waals surface area (Å²) >= 11 is 0. The van der Waals surface area contributed by atoms with E-state index in [0.29, 0.717) is 39.0 Å². The Labute approximate surface area is 193 Å². The summed E-state index contributed by atoms with van der Waals surface area (Å²) in [7, 11) is -3.51. The highest BCUT2D eigenvalue weighted by atomic mass is 32.2. The molecule has 0 spiro atoms. The monoisotopic (exact) mass is 468 g/mol. The molecule has 3 saturated heterocycles. The number of hydrogen-bond acceptors (Lipinski definition) is 4. The van der Waals surface area contributed by atoms with Crippen LogP contribution in [0.1, 0.15) is 59.8 Å². The lowest BCUT2D eigenvalue weighted by atomic mass is 9.67. The summed E-state index contributed by atoms with van der Waals surface area (Å²) < 4.78 is 28.8. The van der Waals surface area contributed by atoms with E-state index in [1.807, 2.05) is 37.5 Å². The fourth-order valence-corrected chi connectivity index (χ4v) is 8.07. The lowest BCUT2D eigenvalue weighted by Gasteiger charge is -2.53. The smallest absolute Gasteiger partial charge is 0.319 e. The van der Waals surface area contributed by atoms with E-state index in [1.165, 1.54) is 12.5 Å². The summed E-state index contributed by atoms with van der Waals surface area (Å²) in [6.07, 6.45) is 5.46. The first-order chi connectivity index (χ1) is 14.9. The van der Waals surface area contributed by atoms with E-state index in [0.717, 1.165) is 25.9 Å². The molecule has 0 radical (unpaired) electrons. The molecule has 0 unspecified atom stereocenters. The van der Waals surface area contributed by atoms with Crippen molar-refractivity contribution in [2.24, 2.45) is 10.8 Å². The number of urea groups is 1. The van der Waals surface area contributed by atoms with Crippen LogP contribution in [0.3, 0.4) is 0 Å². The summed E-state index contributed by atoms with van der Waals surface area (Å²) in [6, 6.07) is -0.113. The quantitative estimate of drug-likeness (QED) is 0.642. The molecular weight excluding hydrogens is 428 g/mol. The van der Waals surface area contributed by atoms with Crippen LogP contribution in [0.5, 0.6) is 0 Å². The molecule has 0 aromatic rings. The SMILES string of the molecule is C=CC(=O)NC1C(C)(C)CN(S(=O)(=O)C2CCN(C(=O)N3CCCCC3)CC2)CC1(C)C. The Morgan fingerprint density at radius 2 is 1.41 bits per heavy atom. The number of sulfonamides is 1. The topological polar surface area (TPSA) is 90.0 Å². The van der Waals surface area contributed by atoms with Crippen LogP contribution in [0.2, 0.25) is 0 Å². The fraction of sp³-hybridized carbons (Fsp3) is 0.826. The van der Waals surface area contributed by atoms with Crippen LogP contribution in [-0.4, -0.2) is 85.0 Å². The minimum atomic E-state index is -3.51. The van der Waals surface area contributed by atoms with Crippen LogP contribution >= 0.6 is 0 Å². The number of hydrogen-bond donors (Lipinski definition) is 1. The van der Waals surface area contributed by atoms with E-state index >= 15 is 0 Å². The maximum absolute atomic E-state index is 13.6.